The summed E-state index contributed by atoms with van der Waals surface area (Å²) in [7, 11) is -1.27. The Morgan fingerprint density at radius 2 is 2.06 bits per heavy atom. The van der Waals surface area contributed by atoms with Crippen LogP contribution in [0.2, 0.25) is 0 Å². The SMILES string of the molecule is CN1CCN=C1NCCS(=O)(=O)c1ccccc1. The van der Waals surface area contributed by atoms with Crippen LogP contribution in [0.25, 0.3) is 0 Å². The molecule has 1 N–H and O–H groups in total. The number of nitrogens with zero attached hydrogens (tertiary/aromatic N) is 2. The molecule has 1 aliphatic heterocycles. The van der Waals surface area contributed by atoms with Crippen LogP contribution in [0, 0.1) is 0 Å². The van der Waals surface area contributed by atoms with Gasteiger partial charge >= 0.3 is 0 Å². The zero-order valence-electron chi connectivity index (χ0n) is 10.3. The second-order valence-electron chi connectivity index (χ2n) is 4.19. The molecule has 2 rings (SSSR count). The lowest BCUT2D eigenvalue weighted by atomic mass is 10.4. The summed E-state index contributed by atoms with van der Waals surface area (Å²) < 4.78 is 24.0. The van der Waals surface area contributed by atoms with Gasteiger partial charge in [-0.3, -0.25) is 4.99 Å². The highest BCUT2D eigenvalue weighted by Crippen LogP contribution is 2.09. The van der Waals surface area contributed by atoms with Crippen LogP contribution < -0.4 is 5.32 Å². The van der Waals surface area contributed by atoms with Gasteiger partial charge in [-0.25, -0.2) is 8.42 Å². The van der Waals surface area contributed by atoms with Crippen LogP contribution in [0.3, 0.4) is 0 Å². The summed E-state index contributed by atoms with van der Waals surface area (Å²) in [5.74, 6) is 0.849. The zero-order chi connectivity index (χ0) is 13.0. The van der Waals surface area contributed by atoms with Gasteiger partial charge in [0.2, 0.25) is 0 Å². The molecule has 0 spiro atoms. The highest BCUT2D eigenvalue weighted by atomic mass is 32.2. The maximum absolute atomic E-state index is 12.0. The van der Waals surface area contributed by atoms with E-state index >= 15 is 0 Å². The number of nitrogens with one attached hydrogen (secondary N) is 1. The lowest BCUT2D eigenvalue weighted by Crippen LogP contribution is -2.38. The number of aliphatic imine (C=N–C) groups is 1. The van der Waals surface area contributed by atoms with E-state index in [0.717, 1.165) is 19.0 Å². The standard InChI is InChI=1S/C12H17N3O2S/c1-15-9-7-13-12(15)14-8-10-18(16,17)11-5-3-2-4-6-11/h2-6H,7-10H2,1H3,(H,13,14). The summed E-state index contributed by atoms with van der Waals surface area (Å²) in [5.41, 5.74) is 0. The number of benzene rings is 1. The molecule has 1 heterocycles. The van der Waals surface area contributed by atoms with Crippen molar-refractivity contribution in [2.24, 2.45) is 4.99 Å². The number of guanidine groups is 1. The molecule has 1 aromatic rings. The summed E-state index contributed by atoms with van der Waals surface area (Å²) in [6.07, 6.45) is 0. The van der Waals surface area contributed by atoms with E-state index in [1.165, 1.54) is 0 Å². The zero-order valence-corrected chi connectivity index (χ0v) is 11.2. The molecular formula is C12H17N3O2S. The molecule has 6 heteroatoms. The second-order valence-corrected chi connectivity index (χ2v) is 6.29. The fourth-order valence-corrected chi connectivity index (χ4v) is 2.94. The maximum atomic E-state index is 12.0. The Labute approximate surface area is 107 Å². The van der Waals surface area contributed by atoms with E-state index < -0.39 is 9.84 Å². The van der Waals surface area contributed by atoms with Crippen molar-refractivity contribution in [3.63, 3.8) is 0 Å². The molecule has 1 aromatic carbocycles. The Kier molecular flexibility index (Phi) is 3.86. The third kappa shape index (κ3) is 3.01. The molecular weight excluding hydrogens is 250 g/mol. The maximum Gasteiger partial charge on any atom is 0.193 e. The van der Waals surface area contributed by atoms with Gasteiger partial charge < -0.3 is 10.2 Å². The number of hydrogen-bond donors (Lipinski definition) is 1. The number of rotatable bonds is 4. The van der Waals surface area contributed by atoms with Crippen LogP contribution in [-0.4, -0.2) is 51.7 Å². The van der Waals surface area contributed by atoms with E-state index in [0.29, 0.717) is 11.4 Å². The lowest BCUT2D eigenvalue weighted by Gasteiger charge is -2.15. The van der Waals surface area contributed by atoms with Crippen molar-refractivity contribution in [3.8, 4) is 0 Å². The summed E-state index contributed by atoms with van der Waals surface area (Å²) in [6.45, 7) is 2.03. The van der Waals surface area contributed by atoms with Crippen molar-refractivity contribution in [2.45, 2.75) is 4.90 Å². The molecule has 0 saturated carbocycles. The quantitative estimate of drug-likeness (QED) is 0.855. The van der Waals surface area contributed by atoms with Gasteiger partial charge in [-0.05, 0) is 12.1 Å². The first kappa shape index (κ1) is 12.9. The average molecular weight is 267 g/mol. The van der Waals surface area contributed by atoms with Gasteiger partial charge in [-0.1, -0.05) is 18.2 Å². The smallest absolute Gasteiger partial charge is 0.193 e. The predicted molar refractivity (Wildman–Crippen MR) is 71.4 cm³/mol. The van der Waals surface area contributed by atoms with Crippen LogP contribution in [0.5, 0.6) is 0 Å². The molecule has 0 aromatic heterocycles. The van der Waals surface area contributed by atoms with Gasteiger partial charge in [-0.2, -0.15) is 0 Å². The topological polar surface area (TPSA) is 61.8 Å². The van der Waals surface area contributed by atoms with E-state index in [1.807, 2.05) is 11.9 Å². The third-order valence-corrected chi connectivity index (χ3v) is 4.55. The third-order valence-electron chi connectivity index (χ3n) is 2.81. The minimum Gasteiger partial charge on any atom is -0.355 e. The van der Waals surface area contributed by atoms with Crippen molar-refractivity contribution >= 4 is 15.8 Å². The molecule has 98 valence electrons. The van der Waals surface area contributed by atoms with E-state index in [9.17, 15) is 8.42 Å². The molecule has 0 bridgehead atoms. The number of hydrogen-bond acceptors (Lipinski definition) is 5. The van der Waals surface area contributed by atoms with Crippen molar-refractivity contribution < 1.29 is 8.42 Å². The Morgan fingerprint density at radius 3 is 2.67 bits per heavy atom. The molecule has 0 aliphatic carbocycles. The van der Waals surface area contributed by atoms with Crippen molar-refractivity contribution in [1.29, 1.82) is 0 Å². The van der Waals surface area contributed by atoms with Gasteiger partial charge in [-0.15, -0.1) is 0 Å². The summed E-state index contributed by atoms with van der Waals surface area (Å²) in [6, 6.07) is 8.51. The highest BCUT2D eigenvalue weighted by molar-refractivity contribution is 7.91. The van der Waals surface area contributed by atoms with E-state index in [2.05, 4.69) is 10.3 Å². The van der Waals surface area contributed by atoms with Crippen LogP contribution in [-0.2, 0) is 9.84 Å². The molecule has 18 heavy (non-hydrogen) atoms. The molecule has 0 fully saturated rings. The minimum absolute atomic E-state index is 0.0733. The fourth-order valence-electron chi connectivity index (χ4n) is 1.77. The Bertz CT molecular complexity index is 526. The number of sulfone groups is 1. The van der Waals surface area contributed by atoms with Crippen LogP contribution in [0.4, 0.5) is 0 Å². The second kappa shape index (κ2) is 5.39. The van der Waals surface area contributed by atoms with E-state index in [1.54, 1.807) is 30.3 Å². The number of likely N-dealkylation sites (N-methyl/N-ethyl adjacent to an activating group) is 1. The first-order valence-electron chi connectivity index (χ1n) is 5.87. The van der Waals surface area contributed by atoms with Gasteiger partial charge in [0.05, 0.1) is 17.2 Å². The molecule has 1 aliphatic rings. The van der Waals surface area contributed by atoms with Crippen LogP contribution >= 0.6 is 0 Å². The van der Waals surface area contributed by atoms with Gasteiger partial charge in [0.15, 0.2) is 15.8 Å². The molecule has 0 amide bonds. The summed E-state index contributed by atoms with van der Waals surface area (Å²) in [5, 5.41) is 3.05. The van der Waals surface area contributed by atoms with Crippen LogP contribution in [0.1, 0.15) is 0 Å². The van der Waals surface area contributed by atoms with Crippen molar-refractivity contribution in [1.82, 2.24) is 10.2 Å². The molecule has 0 atom stereocenters. The monoisotopic (exact) mass is 267 g/mol. The van der Waals surface area contributed by atoms with Gasteiger partial charge in [0.1, 0.15) is 0 Å². The first-order chi connectivity index (χ1) is 8.59. The van der Waals surface area contributed by atoms with Crippen LogP contribution in [0.15, 0.2) is 40.2 Å². The largest absolute Gasteiger partial charge is 0.355 e. The molecule has 5 nitrogen and oxygen atoms in total. The fraction of sp³-hybridized carbons (Fsp3) is 0.417. The minimum atomic E-state index is -3.21. The molecule has 0 saturated heterocycles. The van der Waals surface area contributed by atoms with Crippen molar-refractivity contribution in [3.05, 3.63) is 30.3 Å². The molecule has 0 radical (unpaired) electrons. The van der Waals surface area contributed by atoms with Gasteiger partial charge in [0.25, 0.3) is 0 Å². The average Bonchev–Trinajstić information content (AvgIpc) is 2.76. The Morgan fingerprint density at radius 1 is 1.33 bits per heavy atom. The predicted octanol–water partition coefficient (Wildman–Crippen LogP) is 0.351. The lowest BCUT2D eigenvalue weighted by molar-refractivity contribution is 0.535. The normalized spacial score (nSPS) is 15.6. The Hall–Kier alpha value is -1.56. The van der Waals surface area contributed by atoms with E-state index in [-0.39, 0.29) is 5.75 Å². The summed E-state index contributed by atoms with van der Waals surface area (Å²) >= 11 is 0. The molecule has 0 unspecified atom stereocenters. The van der Waals surface area contributed by atoms with Gasteiger partial charge in [0, 0.05) is 20.1 Å². The highest BCUT2D eigenvalue weighted by Gasteiger charge is 2.16. The van der Waals surface area contributed by atoms with E-state index in [4.69, 9.17) is 0 Å². The summed E-state index contributed by atoms with van der Waals surface area (Å²) in [4.78, 5) is 6.60. The van der Waals surface area contributed by atoms with Crippen molar-refractivity contribution in [2.75, 3.05) is 32.4 Å². The first-order valence-corrected chi connectivity index (χ1v) is 7.52. The Balaban J connectivity index is 1.90.